The summed E-state index contributed by atoms with van der Waals surface area (Å²) >= 11 is 3.27. The van der Waals surface area contributed by atoms with Crippen LogP contribution in [0, 0.1) is 0 Å². The Bertz CT molecular complexity index is 583. The lowest BCUT2D eigenvalue weighted by atomic mass is 10.2. The number of rotatable bonds is 9. The maximum atomic E-state index is 11.0. The Morgan fingerprint density at radius 1 is 1.26 bits per heavy atom. The molecule has 0 radical (unpaired) electrons. The molecule has 1 amide bonds. The Kier molecular flexibility index (Phi) is 14.4. The molecule has 0 aliphatic heterocycles. The third kappa shape index (κ3) is 13.2. The van der Waals surface area contributed by atoms with Crippen LogP contribution in [-0.2, 0) is 20.0 Å². The minimum Gasteiger partial charge on any atom is -0.438 e. The minimum atomic E-state index is -0.666. The highest BCUT2D eigenvalue weighted by molar-refractivity contribution is 8.16. The van der Waals surface area contributed by atoms with Crippen LogP contribution in [0.2, 0.25) is 0 Å². The number of aldehydes is 1. The van der Waals surface area contributed by atoms with Gasteiger partial charge in [0.2, 0.25) is 5.91 Å². The summed E-state index contributed by atoms with van der Waals surface area (Å²) in [6.45, 7) is 8.35. The van der Waals surface area contributed by atoms with Gasteiger partial charge in [0.25, 0.3) is 0 Å². The molecular weight excluding hydrogens is 386 g/mol. The zero-order chi connectivity index (χ0) is 20.7. The van der Waals surface area contributed by atoms with Crippen molar-refractivity contribution < 1.29 is 23.9 Å². The summed E-state index contributed by atoms with van der Waals surface area (Å²) in [5, 5.41) is 2.66. The van der Waals surface area contributed by atoms with E-state index in [-0.39, 0.29) is 15.9 Å². The fraction of sp³-hybridized carbons (Fsp3) is 0.526. The van der Waals surface area contributed by atoms with Crippen molar-refractivity contribution in [1.82, 2.24) is 5.32 Å². The van der Waals surface area contributed by atoms with E-state index in [1.807, 2.05) is 39.0 Å². The van der Waals surface area contributed by atoms with Gasteiger partial charge in [-0.25, -0.2) is 4.79 Å². The monoisotopic (exact) mass is 415 g/mol. The van der Waals surface area contributed by atoms with Crippen LogP contribution in [0.5, 0.6) is 0 Å². The molecule has 1 aromatic carbocycles. The maximum Gasteiger partial charge on any atom is 0.509 e. The second-order valence-corrected chi connectivity index (χ2v) is 8.59. The fourth-order valence-corrected chi connectivity index (χ4v) is 4.08. The van der Waals surface area contributed by atoms with E-state index in [0.717, 1.165) is 24.1 Å². The van der Waals surface area contributed by atoms with Gasteiger partial charge in [-0.15, -0.1) is 23.5 Å². The number of carbonyl (C=O) groups is 3. The minimum absolute atomic E-state index is 0.127. The van der Waals surface area contributed by atoms with Crippen LogP contribution in [0.3, 0.4) is 0 Å². The molecule has 0 aliphatic carbocycles. The molecule has 1 aromatic rings. The molecule has 0 spiro atoms. The molecular formula is C19H29NO5S2. The lowest BCUT2D eigenvalue weighted by Gasteiger charge is -2.16. The van der Waals surface area contributed by atoms with Crippen molar-refractivity contribution in [2.45, 2.75) is 49.9 Å². The molecule has 1 N–H and O–H groups in total. The summed E-state index contributed by atoms with van der Waals surface area (Å²) in [7, 11) is 1.29. The van der Waals surface area contributed by atoms with Crippen molar-refractivity contribution >= 4 is 41.9 Å². The fourth-order valence-electron chi connectivity index (χ4n) is 1.81. The van der Waals surface area contributed by atoms with Gasteiger partial charge in [-0.2, -0.15) is 0 Å². The largest absolute Gasteiger partial charge is 0.509 e. The molecule has 1 rings (SSSR count). The number of ether oxygens (including phenoxy) is 2. The summed E-state index contributed by atoms with van der Waals surface area (Å²) in [5.74, 6) is 0.934. The van der Waals surface area contributed by atoms with Crippen molar-refractivity contribution in [2.24, 2.45) is 0 Å². The molecule has 2 unspecified atom stereocenters. The van der Waals surface area contributed by atoms with Gasteiger partial charge in [0.1, 0.15) is 11.7 Å². The smallest absolute Gasteiger partial charge is 0.438 e. The Hall–Kier alpha value is -1.67. The first-order chi connectivity index (χ1) is 12.9. The van der Waals surface area contributed by atoms with Gasteiger partial charge in [-0.3, -0.25) is 9.59 Å². The molecule has 0 bridgehead atoms. The van der Waals surface area contributed by atoms with Crippen LogP contribution >= 0.6 is 23.5 Å². The Morgan fingerprint density at radius 2 is 1.96 bits per heavy atom. The summed E-state index contributed by atoms with van der Waals surface area (Å²) in [6.07, 6.45) is 0.771. The predicted molar refractivity (Wildman–Crippen MR) is 112 cm³/mol. The van der Waals surface area contributed by atoms with Crippen molar-refractivity contribution in [2.75, 3.05) is 13.7 Å². The summed E-state index contributed by atoms with van der Waals surface area (Å²) < 4.78 is 9.70. The van der Waals surface area contributed by atoms with Crippen LogP contribution in [0.1, 0.15) is 50.0 Å². The topological polar surface area (TPSA) is 81.7 Å². The zero-order valence-corrected chi connectivity index (χ0v) is 18.2. The van der Waals surface area contributed by atoms with E-state index in [1.165, 1.54) is 7.11 Å². The van der Waals surface area contributed by atoms with Crippen molar-refractivity contribution in [1.29, 1.82) is 0 Å². The van der Waals surface area contributed by atoms with Crippen LogP contribution < -0.4 is 5.32 Å². The van der Waals surface area contributed by atoms with E-state index in [2.05, 4.69) is 17.0 Å². The number of hydrogen-bond acceptors (Lipinski definition) is 7. The van der Waals surface area contributed by atoms with Crippen molar-refractivity contribution in [3.05, 3.63) is 35.4 Å². The highest BCUT2D eigenvalue weighted by Gasteiger charge is 2.14. The van der Waals surface area contributed by atoms with Gasteiger partial charge in [0.15, 0.2) is 0 Å². The molecule has 0 fully saturated rings. The van der Waals surface area contributed by atoms with E-state index in [1.54, 1.807) is 29.6 Å². The molecule has 152 valence electrons. The average Bonchev–Trinajstić information content (AvgIpc) is 2.66. The maximum absolute atomic E-state index is 11.0. The van der Waals surface area contributed by atoms with Crippen LogP contribution in [0.4, 0.5) is 4.79 Å². The number of amides is 1. The highest BCUT2D eigenvalue weighted by Crippen LogP contribution is 2.30. The highest BCUT2D eigenvalue weighted by atomic mass is 32.2. The average molecular weight is 416 g/mol. The number of hydrogen-bond donors (Lipinski definition) is 1. The van der Waals surface area contributed by atoms with Crippen molar-refractivity contribution in [3.8, 4) is 0 Å². The van der Waals surface area contributed by atoms with Gasteiger partial charge in [0, 0.05) is 24.3 Å². The molecule has 2 atom stereocenters. The van der Waals surface area contributed by atoms with Crippen LogP contribution in [0.15, 0.2) is 24.3 Å². The first kappa shape index (κ1) is 25.3. The first-order valence-electron chi connectivity index (χ1n) is 8.68. The van der Waals surface area contributed by atoms with Crippen LogP contribution in [-0.4, -0.2) is 42.0 Å². The van der Waals surface area contributed by atoms with Crippen LogP contribution in [0.25, 0.3) is 0 Å². The zero-order valence-electron chi connectivity index (χ0n) is 16.5. The molecule has 0 saturated carbocycles. The van der Waals surface area contributed by atoms with E-state index in [0.29, 0.717) is 12.0 Å². The molecule has 6 nitrogen and oxygen atoms in total. The van der Waals surface area contributed by atoms with E-state index in [9.17, 15) is 14.4 Å². The van der Waals surface area contributed by atoms with E-state index in [4.69, 9.17) is 4.74 Å². The number of nitrogens with one attached hydrogen (secondary N) is 1. The van der Waals surface area contributed by atoms with Gasteiger partial charge >= 0.3 is 6.16 Å². The lowest BCUT2D eigenvalue weighted by molar-refractivity contribution is -0.120. The second-order valence-electron chi connectivity index (χ2n) is 5.32. The summed E-state index contributed by atoms with van der Waals surface area (Å²) in [5.41, 5.74) is 1.53. The Balaban J connectivity index is 0.000000821. The number of thioether (sulfide) groups is 2. The molecule has 0 aromatic heterocycles. The Morgan fingerprint density at radius 3 is 2.48 bits per heavy atom. The predicted octanol–water partition coefficient (Wildman–Crippen LogP) is 4.47. The lowest BCUT2D eigenvalue weighted by Crippen LogP contribution is -2.20. The van der Waals surface area contributed by atoms with Crippen molar-refractivity contribution in [3.63, 3.8) is 0 Å². The third-order valence-electron chi connectivity index (χ3n) is 3.08. The number of carbonyl (C=O) groups excluding carboxylic acids is 3. The van der Waals surface area contributed by atoms with Gasteiger partial charge in [0.05, 0.1) is 11.7 Å². The third-order valence-corrected chi connectivity index (χ3v) is 5.65. The van der Waals surface area contributed by atoms with E-state index < -0.39 is 6.16 Å². The molecule has 0 heterocycles. The molecule has 0 saturated heterocycles. The molecule has 0 aliphatic rings. The normalized spacial score (nSPS) is 12.0. The van der Waals surface area contributed by atoms with E-state index >= 15 is 0 Å². The van der Waals surface area contributed by atoms with Gasteiger partial charge in [-0.05, 0) is 32.4 Å². The summed E-state index contributed by atoms with van der Waals surface area (Å²) in [6, 6.07) is 7.53. The SMILES string of the molecule is CCNC(=O)CC.COC(=O)OC(C)SC(C)SCc1cccc(C=O)c1. The molecule has 27 heavy (non-hydrogen) atoms. The first-order valence-corrected chi connectivity index (χ1v) is 10.7. The standard InChI is InChI=1S/C14H18O4S2.C5H11NO/c1-10(18-14(16)17-3)20-11(2)19-9-13-6-4-5-12(7-13)8-15;1-3-5(7)6-4-2/h4-8,10-11H,9H2,1-3H3;3-4H2,1-2H3,(H,6,7). The van der Waals surface area contributed by atoms with Gasteiger partial charge < -0.3 is 14.8 Å². The number of benzene rings is 1. The van der Waals surface area contributed by atoms with Gasteiger partial charge in [-0.1, -0.05) is 25.1 Å². The molecule has 8 heteroatoms. The summed E-state index contributed by atoms with van der Waals surface area (Å²) in [4.78, 5) is 32.0. The quantitative estimate of drug-likeness (QED) is 0.362. The second kappa shape index (κ2) is 15.4. The number of methoxy groups -OCH3 is 1. The Labute approximate surface area is 170 Å².